The van der Waals surface area contributed by atoms with Crippen LogP contribution in [0.5, 0.6) is 0 Å². The fraction of sp³-hybridized carbons (Fsp3) is 0.667. The highest BCUT2D eigenvalue weighted by atomic mass is 35.5. The van der Waals surface area contributed by atoms with E-state index in [1.165, 1.54) is 0 Å². The molecule has 1 aromatic heterocycles. The van der Waals surface area contributed by atoms with Crippen molar-refractivity contribution < 1.29 is 9.53 Å². The number of halogens is 2. The first-order valence-electron chi connectivity index (χ1n) is 7.63. The summed E-state index contributed by atoms with van der Waals surface area (Å²) in [6.45, 7) is 7.53. The minimum Gasteiger partial charge on any atom is -0.444 e. The summed E-state index contributed by atoms with van der Waals surface area (Å²) in [5.74, 6) is 0. The van der Waals surface area contributed by atoms with Crippen LogP contribution >= 0.6 is 23.2 Å². The quantitative estimate of drug-likeness (QED) is 0.659. The maximum absolute atomic E-state index is 12.2. The zero-order valence-corrected chi connectivity index (χ0v) is 15.1. The number of likely N-dealkylation sites (tertiary alicyclic amines) is 1. The van der Waals surface area contributed by atoms with Crippen LogP contribution in [0.25, 0.3) is 0 Å². The summed E-state index contributed by atoms with van der Waals surface area (Å²) in [5, 5.41) is 3.77. The van der Waals surface area contributed by atoms with Gasteiger partial charge in [0.1, 0.15) is 10.8 Å². The molecule has 1 N–H and O–H groups in total. The van der Waals surface area contributed by atoms with Crippen molar-refractivity contribution in [1.29, 1.82) is 0 Å². The number of amides is 1. The van der Waals surface area contributed by atoms with Gasteiger partial charge in [-0.1, -0.05) is 11.6 Å². The standard InChI is InChI=1S/C15H22Cl2N4O2/c1-15(2,3)23-14(22)21-6-4-5-11(21)9-18-7-10-8-19-13(17)20-12(10)16/h8,11,18H,4-7,9H2,1-3H3/t11-/m1/s1. The maximum Gasteiger partial charge on any atom is 0.410 e. The summed E-state index contributed by atoms with van der Waals surface area (Å²) in [5.41, 5.74) is 0.295. The lowest BCUT2D eigenvalue weighted by Gasteiger charge is -2.28. The van der Waals surface area contributed by atoms with E-state index in [-0.39, 0.29) is 17.4 Å². The number of aromatic nitrogens is 2. The van der Waals surface area contributed by atoms with Gasteiger partial charge < -0.3 is 15.0 Å². The van der Waals surface area contributed by atoms with E-state index in [4.69, 9.17) is 27.9 Å². The molecule has 6 nitrogen and oxygen atoms in total. The highest BCUT2D eigenvalue weighted by Gasteiger charge is 2.31. The summed E-state index contributed by atoms with van der Waals surface area (Å²) in [4.78, 5) is 21.8. The highest BCUT2D eigenvalue weighted by molar-refractivity contribution is 6.32. The van der Waals surface area contributed by atoms with Gasteiger partial charge in [-0.05, 0) is 45.2 Å². The van der Waals surface area contributed by atoms with Crippen LogP contribution in [0.1, 0.15) is 39.2 Å². The first-order chi connectivity index (χ1) is 10.8. The minimum absolute atomic E-state index is 0.122. The van der Waals surface area contributed by atoms with Gasteiger partial charge >= 0.3 is 6.09 Å². The first-order valence-corrected chi connectivity index (χ1v) is 8.39. The lowest BCUT2D eigenvalue weighted by Crippen LogP contribution is -2.44. The number of carbonyl (C=O) groups excluding carboxylic acids is 1. The van der Waals surface area contributed by atoms with Crippen molar-refractivity contribution >= 4 is 29.3 Å². The highest BCUT2D eigenvalue weighted by Crippen LogP contribution is 2.21. The third kappa shape index (κ3) is 5.48. The Labute approximate surface area is 146 Å². The molecule has 0 radical (unpaired) electrons. The van der Waals surface area contributed by atoms with Crippen LogP contribution in [0, 0.1) is 0 Å². The van der Waals surface area contributed by atoms with Gasteiger partial charge in [-0.3, -0.25) is 0 Å². The lowest BCUT2D eigenvalue weighted by atomic mass is 10.2. The molecule has 2 heterocycles. The molecule has 23 heavy (non-hydrogen) atoms. The Bertz CT molecular complexity index is 563. The predicted molar refractivity (Wildman–Crippen MR) is 89.7 cm³/mol. The van der Waals surface area contributed by atoms with Gasteiger partial charge in [0.05, 0.1) is 0 Å². The molecule has 1 saturated heterocycles. The van der Waals surface area contributed by atoms with E-state index >= 15 is 0 Å². The van der Waals surface area contributed by atoms with Crippen LogP contribution in [0.15, 0.2) is 6.20 Å². The molecule has 1 atom stereocenters. The minimum atomic E-state index is -0.480. The molecule has 0 bridgehead atoms. The van der Waals surface area contributed by atoms with Crippen LogP contribution in [0.4, 0.5) is 4.79 Å². The average molecular weight is 361 g/mol. The Morgan fingerprint density at radius 1 is 1.48 bits per heavy atom. The van der Waals surface area contributed by atoms with Crippen molar-refractivity contribution in [2.24, 2.45) is 0 Å². The van der Waals surface area contributed by atoms with E-state index in [1.807, 2.05) is 20.8 Å². The van der Waals surface area contributed by atoms with Crippen molar-refractivity contribution in [3.8, 4) is 0 Å². The van der Waals surface area contributed by atoms with E-state index in [1.54, 1.807) is 11.1 Å². The van der Waals surface area contributed by atoms with Crippen LogP contribution in [0.2, 0.25) is 10.4 Å². The molecule has 0 spiro atoms. The van der Waals surface area contributed by atoms with Crippen molar-refractivity contribution in [3.63, 3.8) is 0 Å². The second-order valence-electron chi connectivity index (χ2n) is 6.56. The molecular formula is C15H22Cl2N4O2. The number of carbonyl (C=O) groups is 1. The predicted octanol–water partition coefficient (Wildman–Crippen LogP) is 3.27. The van der Waals surface area contributed by atoms with E-state index in [0.29, 0.717) is 18.2 Å². The van der Waals surface area contributed by atoms with Gasteiger partial charge in [-0.25, -0.2) is 14.8 Å². The lowest BCUT2D eigenvalue weighted by molar-refractivity contribution is 0.0226. The third-order valence-corrected chi connectivity index (χ3v) is 3.99. The number of nitrogens with zero attached hydrogens (tertiary/aromatic N) is 3. The zero-order valence-electron chi connectivity index (χ0n) is 13.6. The number of rotatable bonds is 4. The van der Waals surface area contributed by atoms with Gasteiger partial charge in [0.2, 0.25) is 5.28 Å². The molecule has 1 fully saturated rings. The van der Waals surface area contributed by atoms with E-state index in [9.17, 15) is 4.79 Å². The fourth-order valence-corrected chi connectivity index (χ4v) is 2.84. The van der Waals surface area contributed by atoms with Crippen LogP contribution < -0.4 is 5.32 Å². The molecule has 128 valence electrons. The van der Waals surface area contributed by atoms with Crippen molar-refractivity contribution in [2.75, 3.05) is 13.1 Å². The first kappa shape index (κ1) is 18.2. The van der Waals surface area contributed by atoms with Crippen molar-refractivity contribution in [3.05, 3.63) is 22.2 Å². The maximum atomic E-state index is 12.2. The average Bonchev–Trinajstić information content (AvgIpc) is 2.88. The Kier molecular flexibility index (Phi) is 6.06. The topological polar surface area (TPSA) is 67.3 Å². The summed E-state index contributed by atoms with van der Waals surface area (Å²) >= 11 is 11.7. The van der Waals surface area contributed by atoms with Gasteiger partial charge in [0, 0.05) is 37.4 Å². The number of hydrogen-bond acceptors (Lipinski definition) is 5. The van der Waals surface area contributed by atoms with Gasteiger partial charge in [0.25, 0.3) is 0 Å². The molecule has 1 amide bonds. The molecule has 8 heteroatoms. The monoisotopic (exact) mass is 360 g/mol. The summed E-state index contributed by atoms with van der Waals surface area (Å²) in [6.07, 6.45) is 3.29. The van der Waals surface area contributed by atoms with E-state index in [0.717, 1.165) is 24.9 Å². The van der Waals surface area contributed by atoms with E-state index < -0.39 is 5.60 Å². The normalized spacial score (nSPS) is 18.3. The van der Waals surface area contributed by atoms with Crippen LogP contribution in [-0.4, -0.2) is 45.7 Å². The van der Waals surface area contributed by atoms with Crippen LogP contribution in [-0.2, 0) is 11.3 Å². The number of nitrogens with one attached hydrogen (secondary N) is 1. The molecule has 1 aliphatic heterocycles. The summed E-state index contributed by atoms with van der Waals surface area (Å²) < 4.78 is 5.45. The Morgan fingerprint density at radius 3 is 2.87 bits per heavy atom. The van der Waals surface area contributed by atoms with Gasteiger partial charge in [0.15, 0.2) is 0 Å². The second-order valence-corrected chi connectivity index (χ2v) is 7.25. The van der Waals surface area contributed by atoms with E-state index in [2.05, 4.69) is 15.3 Å². The largest absolute Gasteiger partial charge is 0.444 e. The number of hydrogen-bond donors (Lipinski definition) is 1. The van der Waals surface area contributed by atoms with Crippen LogP contribution in [0.3, 0.4) is 0 Å². The van der Waals surface area contributed by atoms with Crippen molar-refractivity contribution in [2.45, 2.75) is 51.8 Å². The fourth-order valence-electron chi connectivity index (χ4n) is 2.47. The molecular weight excluding hydrogens is 339 g/mol. The molecule has 1 aliphatic rings. The molecule has 1 aromatic rings. The Hall–Kier alpha value is -1.11. The Balaban J connectivity index is 1.85. The SMILES string of the molecule is CC(C)(C)OC(=O)N1CCC[C@@H]1CNCc1cnc(Cl)nc1Cl. The molecule has 0 saturated carbocycles. The molecule has 2 rings (SSSR count). The Morgan fingerprint density at radius 2 is 2.22 bits per heavy atom. The summed E-state index contributed by atoms with van der Waals surface area (Å²) in [7, 11) is 0. The smallest absolute Gasteiger partial charge is 0.410 e. The number of ether oxygens (including phenoxy) is 1. The van der Waals surface area contributed by atoms with Gasteiger partial charge in [-0.2, -0.15) is 0 Å². The van der Waals surface area contributed by atoms with Gasteiger partial charge in [-0.15, -0.1) is 0 Å². The van der Waals surface area contributed by atoms with Crippen molar-refractivity contribution in [1.82, 2.24) is 20.2 Å². The third-order valence-electron chi connectivity index (χ3n) is 3.48. The summed E-state index contributed by atoms with van der Waals surface area (Å²) in [6, 6.07) is 0.122. The molecule has 0 aliphatic carbocycles. The molecule has 0 unspecified atom stereocenters. The second kappa shape index (κ2) is 7.64. The zero-order chi connectivity index (χ0) is 17.0. The molecule has 0 aromatic carbocycles.